The number of para-hydroxylation sites is 1. The standard InChI is InChI=1S/C17H17N3O3/c1-3-11-7-4-5-8-12(11)19-15(21)17(2)16(22)20-14-13(23-17)9-6-10-18-14/h4-10H,3H2,1-2H3,(H,19,21)(H,18,20,22). The van der Waals surface area contributed by atoms with Crippen LogP contribution in [0.15, 0.2) is 42.6 Å². The Kier molecular flexibility index (Phi) is 3.73. The SMILES string of the molecule is CCc1ccccc1NC(=O)C1(C)Oc2cccnc2NC1=O. The number of benzene rings is 1. The fourth-order valence-corrected chi connectivity index (χ4v) is 2.40. The molecule has 1 aliphatic rings. The van der Waals surface area contributed by atoms with Crippen LogP contribution in [0.2, 0.25) is 0 Å². The van der Waals surface area contributed by atoms with E-state index < -0.39 is 17.4 Å². The Morgan fingerprint density at radius 2 is 2.09 bits per heavy atom. The molecule has 0 aliphatic carbocycles. The van der Waals surface area contributed by atoms with Gasteiger partial charge in [-0.15, -0.1) is 0 Å². The van der Waals surface area contributed by atoms with Crippen LogP contribution in [0.5, 0.6) is 5.75 Å². The van der Waals surface area contributed by atoms with Gasteiger partial charge in [-0.05, 0) is 37.1 Å². The van der Waals surface area contributed by atoms with Gasteiger partial charge in [0.25, 0.3) is 17.4 Å². The van der Waals surface area contributed by atoms with E-state index in [4.69, 9.17) is 4.74 Å². The first kappa shape index (κ1) is 15.0. The van der Waals surface area contributed by atoms with Gasteiger partial charge in [0.15, 0.2) is 11.6 Å². The Morgan fingerprint density at radius 3 is 2.87 bits per heavy atom. The van der Waals surface area contributed by atoms with E-state index in [0.717, 1.165) is 12.0 Å². The second kappa shape index (κ2) is 5.72. The van der Waals surface area contributed by atoms with Crippen molar-refractivity contribution < 1.29 is 14.3 Å². The number of aromatic nitrogens is 1. The molecule has 0 spiro atoms. The third-order valence-corrected chi connectivity index (χ3v) is 3.83. The van der Waals surface area contributed by atoms with E-state index in [1.165, 1.54) is 6.92 Å². The third-order valence-electron chi connectivity index (χ3n) is 3.83. The van der Waals surface area contributed by atoms with Crippen molar-refractivity contribution in [1.82, 2.24) is 4.98 Å². The molecule has 0 saturated carbocycles. The number of nitrogens with one attached hydrogen (secondary N) is 2. The first-order valence-electron chi connectivity index (χ1n) is 7.39. The van der Waals surface area contributed by atoms with Crippen LogP contribution in [0.4, 0.5) is 11.5 Å². The van der Waals surface area contributed by atoms with Gasteiger partial charge in [-0.2, -0.15) is 0 Å². The molecule has 0 saturated heterocycles. The second-order valence-corrected chi connectivity index (χ2v) is 5.40. The molecule has 2 aromatic rings. The Hall–Kier alpha value is -2.89. The molecule has 1 atom stereocenters. The topological polar surface area (TPSA) is 80.3 Å². The highest BCUT2D eigenvalue weighted by Crippen LogP contribution is 2.32. The van der Waals surface area contributed by atoms with Gasteiger partial charge >= 0.3 is 0 Å². The summed E-state index contributed by atoms with van der Waals surface area (Å²) in [6, 6.07) is 10.8. The monoisotopic (exact) mass is 311 g/mol. The lowest BCUT2D eigenvalue weighted by molar-refractivity contribution is -0.143. The van der Waals surface area contributed by atoms with E-state index in [2.05, 4.69) is 15.6 Å². The van der Waals surface area contributed by atoms with Crippen molar-refractivity contribution in [2.75, 3.05) is 10.6 Å². The molecule has 0 radical (unpaired) electrons. The number of ether oxygens (including phenoxy) is 1. The van der Waals surface area contributed by atoms with Gasteiger partial charge in [0.2, 0.25) is 0 Å². The number of nitrogens with zero attached hydrogens (tertiary/aromatic N) is 1. The molecule has 6 heteroatoms. The maximum absolute atomic E-state index is 12.7. The molecule has 1 aromatic heterocycles. The minimum Gasteiger partial charge on any atom is -0.464 e. The molecular formula is C17H17N3O3. The van der Waals surface area contributed by atoms with Crippen molar-refractivity contribution in [3.05, 3.63) is 48.2 Å². The fourth-order valence-electron chi connectivity index (χ4n) is 2.40. The number of anilines is 2. The molecule has 1 unspecified atom stereocenters. The van der Waals surface area contributed by atoms with Crippen molar-refractivity contribution in [3.8, 4) is 5.75 Å². The average molecular weight is 311 g/mol. The minimum atomic E-state index is -1.66. The van der Waals surface area contributed by atoms with E-state index in [9.17, 15) is 9.59 Å². The first-order chi connectivity index (χ1) is 11.0. The quantitative estimate of drug-likeness (QED) is 0.853. The zero-order chi connectivity index (χ0) is 16.4. The summed E-state index contributed by atoms with van der Waals surface area (Å²) < 4.78 is 5.65. The summed E-state index contributed by atoms with van der Waals surface area (Å²) in [6.07, 6.45) is 2.32. The normalized spacial score (nSPS) is 19.3. The molecule has 2 N–H and O–H groups in total. The number of fused-ring (bicyclic) bond motifs is 1. The molecule has 118 valence electrons. The molecule has 0 fully saturated rings. The highest BCUT2D eigenvalue weighted by atomic mass is 16.5. The van der Waals surface area contributed by atoms with Crippen LogP contribution < -0.4 is 15.4 Å². The predicted molar refractivity (Wildman–Crippen MR) is 86.3 cm³/mol. The van der Waals surface area contributed by atoms with Crippen LogP contribution in [0.3, 0.4) is 0 Å². The molecule has 2 heterocycles. The number of hydrogen-bond acceptors (Lipinski definition) is 4. The van der Waals surface area contributed by atoms with Gasteiger partial charge in [0.05, 0.1) is 0 Å². The summed E-state index contributed by atoms with van der Waals surface area (Å²) in [5.74, 6) is -0.383. The third kappa shape index (κ3) is 2.63. The number of rotatable bonds is 3. The predicted octanol–water partition coefficient (Wildman–Crippen LogP) is 2.37. The second-order valence-electron chi connectivity index (χ2n) is 5.40. The van der Waals surface area contributed by atoms with Gasteiger partial charge < -0.3 is 15.4 Å². The Bertz CT molecular complexity index is 775. The van der Waals surface area contributed by atoms with E-state index in [1.54, 1.807) is 24.4 Å². The Morgan fingerprint density at radius 1 is 1.30 bits per heavy atom. The summed E-state index contributed by atoms with van der Waals surface area (Å²) in [4.78, 5) is 29.0. The van der Waals surface area contributed by atoms with E-state index in [0.29, 0.717) is 17.3 Å². The van der Waals surface area contributed by atoms with Gasteiger partial charge in [0.1, 0.15) is 0 Å². The zero-order valence-corrected chi connectivity index (χ0v) is 12.9. The van der Waals surface area contributed by atoms with Crippen LogP contribution in [0, 0.1) is 0 Å². The molecule has 3 rings (SSSR count). The number of hydrogen-bond donors (Lipinski definition) is 2. The maximum Gasteiger partial charge on any atom is 0.279 e. The zero-order valence-electron chi connectivity index (χ0n) is 12.9. The van der Waals surface area contributed by atoms with Gasteiger partial charge in [-0.1, -0.05) is 25.1 Å². The summed E-state index contributed by atoms with van der Waals surface area (Å²) in [6.45, 7) is 3.45. The van der Waals surface area contributed by atoms with Crippen LogP contribution >= 0.6 is 0 Å². The number of carbonyl (C=O) groups is 2. The van der Waals surface area contributed by atoms with Crippen molar-refractivity contribution in [3.63, 3.8) is 0 Å². The summed E-state index contributed by atoms with van der Waals surface area (Å²) in [7, 11) is 0. The molecular weight excluding hydrogens is 294 g/mol. The number of aryl methyl sites for hydroxylation is 1. The number of carbonyl (C=O) groups excluding carboxylic acids is 2. The fraction of sp³-hybridized carbons (Fsp3) is 0.235. The van der Waals surface area contributed by atoms with Gasteiger partial charge in [-0.3, -0.25) is 9.59 Å². The Balaban J connectivity index is 1.88. The lowest BCUT2D eigenvalue weighted by Crippen LogP contribution is -2.56. The van der Waals surface area contributed by atoms with Crippen LogP contribution in [-0.2, 0) is 16.0 Å². The molecule has 1 aromatic carbocycles. The number of amides is 2. The summed E-state index contributed by atoms with van der Waals surface area (Å²) in [5, 5.41) is 5.40. The molecule has 23 heavy (non-hydrogen) atoms. The van der Waals surface area contributed by atoms with Crippen molar-refractivity contribution >= 4 is 23.3 Å². The van der Waals surface area contributed by atoms with Crippen molar-refractivity contribution in [1.29, 1.82) is 0 Å². The lowest BCUT2D eigenvalue weighted by Gasteiger charge is -2.32. The molecule has 2 amide bonds. The number of pyridine rings is 1. The van der Waals surface area contributed by atoms with E-state index >= 15 is 0 Å². The largest absolute Gasteiger partial charge is 0.464 e. The van der Waals surface area contributed by atoms with E-state index in [-0.39, 0.29) is 0 Å². The van der Waals surface area contributed by atoms with Crippen molar-refractivity contribution in [2.45, 2.75) is 25.9 Å². The van der Waals surface area contributed by atoms with Crippen LogP contribution in [-0.4, -0.2) is 22.4 Å². The first-order valence-corrected chi connectivity index (χ1v) is 7.39. The molecule has 6 nitrogen and oxygen atoms in total. The minimum absolute atomic E-state index is 0.316. The maximum atomic E-state index is 12.7. The lowest BCUT2D eigenvalue weighted by atomic mass is 10.0. The van der Waals surface area contributed by atoms with Crippen LogP contribution in [0.25, 0.3) is 0 Å². The average Bonchev–Trinajstić information content (AvgIpc) is 2.56. The van der Waals surface area contributed by atoms with Gasteiger partial charge in [0, 0.05) is 11.9 Å². The van der Waals surface area contributed by atoms with Crippen LogP contribution in [0.1, 0.15) is 19.4 Å². The molecule has 0 bridgehead atoms. The highest BCUT2D eigenvalue weighted by Gasteiger charge is 2.47. The summed E-state index contributed by atoms with van der Waals surface area (Å²) >= 11 is 0. The molecule has 1 aliphatic heterocycles. The highest BCUT2D eigenvalue weighted by molar-refractivity contribution is 6.18. The summed E-state index contributed by atoms with van der Waals surface area (Å²) in [5.41, 5.74) is 0.00834. The van der Waals surface area contributed by atoms with Crippen molar-refractivity contribution in [2.24, 2.45) is 0 Å². The van der Waals surface area contributed by atoms with E-state index in [1.807, 2.05) is 25.1 Å². The smallest absolute Gasteiger partial charge is 0.279 e. The Labute approximate surface area is 133 Å². The van der Waals surface area contributed by atoms with Gasteiger partial charge in [-0.25, -0.2) is 4.98 Å².